The summed E-state index contributed by atoms with van der Waals surface area (Å²) in [5.41, 5.74) is 4.59. The summed E-state index contributed by atoms with van der Waals surface area (Å²) >= 11 is 3.76. The Morgan fingerprint density at radius 3 is 2.57 bits per heavy atom. The van der Waals surface area contributed by atoms with Gasteiger partial charge in [0.1, 0.15) is 0 Å². The zero-order chi connectivity index (χ0) is 10.1. The van der Waals surface area contributed by atoms with Gasteiger partial charge in [-0.05, 0) is 41.9 Å². The molecule has 2 rings (SSSR count). The molecule has 1 aliphatic rings. The summed E-state index contributed by atoms with van der Waals surface area (Å²) in [7, 11) is 0. The van der Waals surface area contributed by atoms with E-state index in [1.165, 1.54) is 24.8 Å². The number of halogens is 1. The molecule has 1 unspecified atom stereocenters. The van der Waals surface area contributed by atoms with E-state index in [0.717, 1.165) is 0 Å². The molecule has 14 heavy (non-hydrogen) atoms. The molecule has 1 aromatic rings. The molecule has 0 spiro atoms. The van der Waals surface area contributed by atoms with Crippen molar-refractivity contribution in [2.45, 2.75) is 37.9 Å². The molecule has 76 valence electrons. The number of hydrogen-bond donors (Lipinski definition) is 0. The van der Waals surface area contributed by atoms with E-state index in [1.54, 1.807) is 11.1 Å². The van der Waals surface area contributed by atoms with Crippen LogP contribution in [0.1, 0.15) is 41.8 Å². The van der Waals surface area contributed by atoms with Crippen LogP contribution in [0.15, 0.2) is 18.2 Å². The molecular weight excluding hydrogens is 236 g/mol. The van der Waals surface area contributed by atoms with Gasteiger partial charge in [-0.1, -0.05) is 48.0 Å². The summed E-state index contributed by atoms with van der Waals surface area (Å²) in [6.45, 7) is 4.51. The van der Waals surface area contributed by atoms with Crippen LogP contribution in [0, 0.1) is 5.92 Å². The van der Waals surface area contributed by atoms with Crippen LogP contribution in [0.2, 0.25) is 0 Å². The summed E-state index contributed by atoms with van der Waals surface area (Å²) in [6, 6.07) is 6.99. The molecule has 0 bridgehead atoms. The van der Waals surface area contributed by atoms with E-state index in [0.29, 0.717) is 10.7 Å². The number of benzene rings is 1. The maximum absolute atomic E-state index is 3.76. The number of rotatable bonds is 2. The molecule has 0 aromatic heterocycles. The lowest BCUT2D eigenvalue weighted by Gasteiger charge is -2.15. The Hall–Kier alpha value is -0.300. The van der Waals surface area contributed by atoms with Crippen LogP contribution in [-0.2, 0) is 12.8 Å². The summed E-state index contributed by atoms with van der Waals surface area (Å²) in [6.07, 6.45) is 3.90. The van der Waals surface area contributed by atoms with Crippen molar-refractivity contribution >= 4 is 15.9 Å². The molecule has 0 saturated carbocycles. The van der Waals surface area contributed by atoms with Crippen molar-refractivity contribution in [1.29, 1.82) is 0 Å². The molecule has 0 amide bonds. The second-order valence-corrected chi connectivity index (χ2v) is 5.51. The first-order valence-electron chi connectivity index (χ1n) is 5.44. The lowest BCUT2D eigenvalue weighted by Crippen LogP contribution is -1.99. The fraction of sp³-hybridized carbons (Fsp3) is 0.538. The average Bonchev–Trinajstić information content (AvgIpc) is 2.62. The van der Waals surface area contributed by atoms with Gasteiger partial charge in [0.05, 0.1) is 0 Å². The van der Waals surface area contributed by atoms with Crippen LogP contribution in [-0.4, -0.2) is 0 Å². The monoisotopic (exact) mass is 252 g/mol. The van der Waals surface area contributed by atoms with Crippen molar-refractivity contribution in [1.82, 2.24) is 0 Å². The van der Waals surface area contributed by atoms with Gasteiger partial charge in [-0.15, -0.1) is 0 Å². The fourth-order valence-electron chi connectivity index (χ4n) is 2.15. The molecule has 1 heteroatoms. The molecule has 0 saturated heterocycles. The van der Waals surface area contributed by atoms with Crippen molar-refractivity contribution in [3.63, 3.8) is 0 Å². The Morgan fingerprint density at radius 2 is 1.86 bits per heavy atom. The Labute approximate surface area is 94.8 Å². The third-order valence-electron chi connectivity index (χ3n) is 3.03. The number of hydrogen-bond acceptors (Lipinski definition) is 0. The normalized spacial score (nSPS) is 17.1. The van der Waals surface area contributed by atoms with E-state index >= 15 is 0 Å². The van der Waals surface area contributed by atoms with Crippen LogP contribution >= 0.6 is 15.9 Å². The molecule has 0 nitrogen and oxygen atoms in total. The summed E-state index contributed by atoms with van der Waals surface area (Å²) in [5, 5.41) is 0. The standard InChI is InChI=1S/C13H17Br/c1-9(2)13(14)12-7-6-10-4-3-5-11(10)8-12/h6-9,13H,3-5H2,1-2H3. The Kier molecular flexibility index (Phi) is 2.96. The van der Waals surface area contributed by atoms with E-state index in [2.05, 4.69) is 48.0 Å². The van der Waals surface area contributed by atoms with Gasteiger partial charge in [-0.2, -0.15) is 0 Å². The zero-order valence-electron chi connectivity index (χ0n) is 8.89. The molecule has 1 atom stereocenters. The average molecular weight is 253 g/mol. The first-order chi connectivity index (χ1) is 6.68. The molecular formula is C13H17Br. The van der Waals surface area contributed by atoms with Gasteiger partial charge >= 0.3 is 0 Å². The minimum absolute atomic E-state index is 0.508. The van der Waals surface area contributed by atoms with E-state index in [9.17, 15) is 0 Å². The molecule has 0 heterocycles. The highest BCUT2D eigenvalue weighted by Gasteiger charge is 2.16. The minimum atomic E-state index is 0.508. The number of alkyl halides is 1. The van der Waals surface area contributed by atoms with E-state index in [4.69, 9.17) is 0 Å². The predicted molar refractivity (Wildman–Crippen MR) is 65.0 cm³/mol. The first kappa shape index (κ1) is 10.2. The molecule has 0 radical (unpaired) electrons. The van der Waals surface area contributed by atoms with Crippen molar-refractivity contribution in [3.05, 3.63) is 34.9 Å². The smallest absolute Gasteiger partial charge is 0.0418 e. The van der Waals surface area contributed by atoms with E-state index in [1.807, 2.05) is 0 Å². The summed E-state index contributed by atoms with van der Waals surface area (Å²) in [4.78, 5) is 0.508. The first-order valence-corrected chi connectivity index (χ1v) is 6.36. The van der Waals surface area contributed by atoms with Gasteiger partial charge < -0.3 is 0 Å². The second kappa shape index (κ2) is 4.06. The van der Waals surface area contributed by atoms with Crippen molar-refractivity contribution in [2.24, 2.45) is 5.92 Å². The summed E-state index contributed by atoms with van der Waals surface area (Å²) < 4.78 is 0. The Bertz CT molecular complexity index is 328. The highest BCUT2D eigenvalue weighted by molar-refractivity contribution is 9.09. The van der Waals surface area contributed by atoms with Gasteiger partial charge in [-0.25, -0.2) is 0 Å². The highest BCUT2D eigenvalue weighted by atomic mass is 79.9. The Balaban J connectivity index is 2.28. The van der Waals surface area contributed by atoms with Crippen LogP contribution in [0.4, 0.5) is 0 Å². The Morgan fingerprint density at radius 1 is 1.14 bits per heavy atom. The van der Waals surface area contributed by atoms with Gasteiger partial charge in [0.25, 0.3) is 0 Å². The molecule has 0 N–H and O–H groups in total. The number of fused-ring (bicyclic) bond motifs is 1. The van der Waals surface area contributed by atoms with Gasteiger partial charge in [0.15, 0.2) is 0 Å². The minimum Gasteiger partial charge on any atom is -0.0836 e. The lowest BCUT2D eigenvalue weighted by atomic mass is 9.99. The predicted octanol–water partition coefficient (Wildman–Crippen LogP) is 4.27. The fourth-order valence-corrected chi connectivity index (χ4v) is 2.43. The van der Waals surface area contributed by atoms with Crippen molar-refractivity contribution < 1.29 is 0 Å². The van der Waals surface area contributed by atoms with Gasteiger partial charge in [0, 0.05) is 4.83 Å². The maximum Gasteiger partial charge on any atom is 0.0418 e. The second-order valence-electron chi connectivity index (χ2n) is 4.53. The van der Waals surface area contributed by atoms with Crippen molar-refractivity contribution in [3.8, 4) is 0 Å². The van der Waals surface area contributed by atoms with Gasteiger partial charge in [0.2, 0.25) is 0 Å². The van der Waals surface area contributed by atoms with Crippen LogP contribution in [0.5, 0.6) is 0 Å². The SMILES string of the molecule is CC(C)C(Br)c1ccc2c(c1)CCC2. The zero-order valence-corrected chi connectivity index (χ0v) is 10.5. The lowest BCUT2D eigenvalue weighted by molar-refractivity contribution is 0.640. The van der Waals surface area contributed by atoms with E-state index < -0.39 is 0 Å². The molecule has 0 aliphatic heterocycles. The topological polar surface area (TPSA) is 0 Å². The third-order valence-corrected chi connectivity index (χ3v) is 4.61. The highest BCUT2D eigenvalue weighted by Crippen LogP contribution is 2.33. The molecule has 0 fully saturated rings. The molecule has 1 aromatic carbocycles. The quantitative estimate of drug-likeness (QED) is 0.690. The number of aryl methyl sites for hydroxylation is 2. The van der Waals surface area contributed by atoms with Crippen LogP contribution in [0.25, 0.3) is 0 Å². The van der Waals surface area contributed by atoms with Crippen LogP contribution < -0.4 is 0 Å². The van der Waals surface area contributed by atoms with Gasteiger partial charge in [-0.3, -0.25) is 0 Å². The maximum atomic E-state index is 3.76. The largest absolute Gasteiger partial charge is 0.0836 e. The third kappa shape index (κ3) is 1.88. The van der Waals surface area contributed by atoms with Crippen molar-refractivity contribution in [2.75, 3.05) is 0 Å². The van der Waals surface area contributed by atoms with E-state index in [-0.39, 0.29) is 0 Å². The van der Waals surface area contributed by atoms with Crippen LogP contribution in [0.3, 0.4) is 0 Å². The molecule has 1 aliphatic carbocycles. The summed E-state index contributed by atoms with van der Waals surface area (Å²) in [5.74, 6) is 0.662.